The van der Waals surface area contributed by atoms with Gasteiger partial charge in [0.1, 0.15) is 0 Å². The summed E-state index contributed by atoms with van der Waals surface area (Å²) in [5, 5.41) is 3.70. The highest BCUT2D eigenvalue weighted by atomic mass is 15.3. The fourth-order valence-electron chi connectivity index (χ4n) is 3.80. The minimum Gasteiger partial charge on any atom is -0.311 e. The molecular weight excluding hydrogens is 232 g/mol. The van der Waals surface area contributed by atoms with Crippen LogP contribution in [0.25, 0.3) is 0 Å². The summed E-state index contributed by atoms with van der Waals surface area (Å²) in [7, 11) is 0. The van der Waals surface area contributed by atoms with E-state index in [1.807, 2.05) is 0 Å². The minimum atomic E-state index is 0.483. The molecule has 0 bridgehead atoms. The number of hydrogen-bond donors (Lipinski definition) is 1. The maximum atomic E-state index is 3.70. The third-order valence-electron chi connectivity index (χ3n) is 5.02. The van der Waals surface area contributed by atoms with Gasteiger partial charge in [0.15, 0.2) is 0 Å². The van der Waals surface area contributed by atoms with Gasteiger partial charge in [-0.25, -0.2) is 0 Å². The molecule has 104 valence electrons. The van der Waals surface area contributed by atoms with E-state index in [0.29, 0.717) is 11.6 Å². The van der Waals surface area contributed by atoms with Gasteiger partial charge < -0.3 is 5.32 Å². The number of nitrogens with one attached hydrogen (secondary N) is 1. The van der Waals surface area contributed by atoms with Gasteiger partial charge >= 0.3 is 0 Å². The van der Waals surface area contributed by atoms with Crippen LogP contribution in [0, 0.1) is 0 Å². The third-order valence-corrected chi connectivity index (χ3v) is 5.02. The van der Waals surface area contributed by atoms with Gasteiger partial charge in [0.05, 0.1) is 0 Å². The summed E-state index contributed by atoms with van der Waals surface area (Å²) in [6, 6.07) is 11.5. The zero-order valence-electron chi connectivity index (χ0n) is 12.1. The second-order valence-electron chi connectivity index (χ2n) is 6.49. The molecule has 1 atom stereocenters. The summed E-state index contributed by atoms with van der Waals surface area (Å²) < 4.78 is 0. The summed E-state index contributed by atoms with van der Waals surface area (Å²) in [6.07, 6.45) is 6.79. The fraction of sp³-hybridized carbons (Fsp3) is 0.647. The van der Waals surface area contributed by atoms with Crippen LogP contribution in [-0.2, 0) is 6.42 Å². The Morgan fingerprint density at radius 2 is 1.95 bits per heavy atom. The van der Waals surface area contributed by atoms with Crippen LogP contribution in [0.5, 0.6) is 0 Å². The summed E-state index contributed by atoms with van der Waals surface area (Å²) in [5.41, 5.74) is 1.94. The van der Waals surface area contributed by atoms with Gasteiger partial charge in [-0.15, -0.1) is 0 Å². The Morgan fingerprint density at radius 3 is 2.68 bits per heavy atom. The molecule has 0 aromatic heterocycles. The van der Waals surface area contributed by atoms with Crippen LogP contribution < -0.4 is 5.32 Å². The molecule has 1 aliphatic carbocycles. The molecule has 0 amide bonds. The van der Waals surface area contributed by atoms with Gasteiger partial charge in [-0.2, -0.15) is 0 Å². The zero-order valence-corrected chi connectivity index (χ0v) is 12.1. The van der Waals surface area contributed by atoms with Gasteiger partial charge in [-0.05, 0) is 31.7 Å². The van der Waals surface area contributed by atoms with Gasteiger partial charge in [0.25, 0.3) is 0 Å². The molecule has 1 saturated heterocycles. The topological polar surface area (TPSA) is 15.3 Å². The lowest BCUT2D eigenvalue weighted by Gasteiger charge is -2.44. The predicted molar refractivity (Wildman–Crippen MR) is 80.4 cm³/mol. The van der Waals surface area contributed by atoms with Crippen molar-refractivity contribution in [1.82, 2.24) is 10.2 Å². The molecule has 1 heterocycles. The van der Waals surface area contributed by atoms with Crippen LogP contribution in [0.2, 0.25) is 0 Å². The van der Waals surface area contributed by atoms with Crippen molar-refractivity contribution in [2.24, 2.45) is 0 Å². The number of rotatable bonds is 3. The van der Waals surface area contributed by atoms with Crippen molar-refractivity contribution in [2.75, 3.05) is 19.6 Å². The molecule has 1 aromatic rings. The van der Waals surface area contributed by atoms with Crippen molar-refractivity contribution in [3.8, 4) is 0 Å². The second kappa shape index (κ2) is 5.64. The first kappa shape index (κ1) is 13.1. The Kier molecular flexibility index (Phi) is 3.90. The molecule has 1 N–H and O–H groups in total. The fourth-order valence-corrected chi connectivity index (χ4v) is 3.80. The Balaban J connectivity index is 1.62. The first-order valence-corrected chi connectivity index (χ1v) is 7.79. The van der Waals surface area contributed by atoms with Crippen LogP contribution in [0.15, 0.2) is 30.3 Å². The van der Waals surface area contributed by atoms with Gasteiger partial charge in [-0.1, -0.05) is 43.2 Å². The van der Waals surface area contributed by atoms with E-state index in [9.17, 15) is 0 Å². The van der Waals surface area contributed by atoms with Gasteiger partial charge in [-0.3, -0.25) is 4.90 Å². The summed E-state index contributed by atoms with van der Waals surface area (Å²) in [6.45, 7) is 6.06. The molecule has 2 aliphatic rings. The molecule has 2 fully saturated rings. The number of benzene rings is 1. The first-order chi connectivity index (χ1) is 9.26. The van der Waals surface area contributed by atoms with Gasteiger partial charge in [0, 0.05) is 31.2 Å². The highest BCUT2D eigenvalue weighted by molar-refractivity contribution is 5.16. The highest BCUT2D eigenvalue weighted by Crippen LogP contribution is 2.35. The average molecular weight is 258 g/mol. The van der Waals surface area contributed by atoms with Crippen LogP contribution in [0.4, 0.5) is 0 Å². The molecule has 1 unspecified atom stereocenters. The van der Waals surface area contributed by atoms with Crippen LogP contribution in [0.1, 0.15) is 38.2 Å². The summed E-state index contributed by atoms with van der Waals surface area (Å²) >= 11 is 0. The third kappa shape index (κ3) is 3.01. The van der Waals surface area contributed by atoms with E-state index in [0.717, 1.165) is 13.0 Å². The highest BCUT2D eigenvalue weighted by Gasteiger charge is 2.37. The molecule has 3 rings (SSSR count). The van der Waals surface area contributed by atoms with E-state index >= 15 is 0 Å². The van der Waals surface area contributed by atoms with Crippen molar-refractivity contribution in [3.63, 3.8) is 0 Å². The average Bonchev–Trinajstić information content (AvgIpc) is 2.89. The van der Waals surface area contributed by atoms with Gasteiger partial charge in [0.2, 0.25) is 0 Å². The SMILES string of the molecule is CC1(N2CCNC(Cc3ccccc3)C2)CCCC1. The summed E-state index contributed by atoms with van der Waals surface area (Å²) in [4.78, 5) is 2.75. The molecule has 2 nitrogen and oxygen atoms in total. The second-order valence-corrected chi connectivity index (χ2v) is 6.49. The maximum absolute atomic E-state index is 3.70. The molecular formula is C17H26N2. The molecule has 19 heavy (non-hydrogen) atoms. The number of piperazine rings is 1. The Morgan fingerprint density at radius 1 is 1.21 bits per heavy atom. The lowest BCUT2D eigenvalue weighted by molar-refractivity contribution is 0.0734. The quantitative estimate of drug-likeness (QED) is 0.897. The molecule has 1 aliphatic heterocycles. The minimum absolute atomic E-state index is 0.483. The summed E-state index contributed by atoms with van der Waals surface area (Å²) in [5.74, 6) is 0. The zero-order chi connectivity index (χ0) is 13.1. The van der Waals surface area contributed by atoms with Crippen LogP contribution in [0.3, 0.4) is 0 Å². The van der Waals surface area contributed by atoms with Crippen molar-refractivity contribution >= 4 is 0 Å². The van der Waals surface area contributed by atoms with Crippen molar-refractivity contribution in [1.29, 1.82) is 0 Å². The standard InChI is InChI=1S/C17H26N2/c1-17(9-5-6-10-17)19-12-11-18-16(14-19)13-15-7-3-2-4-8-15/h2-4,7-8,16,18H,5-6,9-14H2,1H3. The lowest BCUT2D eigenvalue weighted by atomic mass is 9.94. The van der Waals surface area contributed by atoms with Crippen molar-refractivity contribution in [3.05, 3.63) is 35.9 Å². The molecule has 1 saturated carbocycles. The monoisotopic (exact) mass is 258 g/mol. The van der Waals surface area contributed by atoms with E-state index in [1.165, 1.54) is 44.3 Å². The molecule has 1 aromatic carbocycles. The maximum Gasteiger partial charge on any atom is 0.0236 e. The largest absolute Gasteiger partial charge is 0.311 e. The van der Waals surface area contributed by atoms with E-state index in [1.54, 1.807) is 0 Å². The normalized spacial score (nSPS) is 27.5. The van der Waals surface area contributed by atoms with Crippen molar-refractivity contribution < 1.29 is 0 Å². The first-order valence-electron chi connectivity index (χ1n) is 7.79. The number of hydrogen-bond acceptors (Lipinski definition) is 2. The van der Waals surface area contributed by atoms with Crippen LogP contribution >= 0.6 is 0 Å². The van der Waals surface area contributed by atoms with Crippen molar-refractivity contribution in [2.45, 2.75) is 50.6 Å². The van der Waals surface area contributed by atoms with E-state index in [-0.39, 0.29) is 0 Å². The predicted octanol–water partition coefficient (Wildman–Crippen LogP) is 2.84. The Hall–Kier alpha value is -0.860. The van der Waals surface area contributed by atoms with E-state index < -0.39 is 0 Å². The number of nitrogens with zero attached hydrogens (tertiary/aromatic N) is 1. The molecule has 0 radical (unpaired) electrons. The molecule has 2 heteroatoms. The molecule has 0 spiro atoms. The Labute approximate surface area is 117 Å². The smallest absolute Gasteiger partial charge is 0.0236 e. The van der Waals surface area contributed by atoms with E-state index in [2.05, 4.69) is 47.5 Å². The van der Waals surface area contributed by atoms with E-state index in [4.69, 9.17) is 0 Å². The van der Waals surface area contributed by atoms with Crippen LogP contribution in [-0.4, -0.2) is 36.1 Å². The Bertz CT molecular complexity index is 395. The lowest BCUT2D eigenvalue weighted by Crippen LogP contribution is -2.58.